The van der Waals surface area contributed by atoms with Crippen LogP contribution in [0.3, 0.4) is 0 Å². The molecule has 2 unspecified atom stereocenters. The SMILES string of the molecule is CCCN(C)CC1CCN(CC2(C)CCNC2)C1.Cl. The summed E-state index contributed by atoms with van der Waals surface area (Å²) in [5, 5.41) is 3.51. The highest BCUT2D eigenvalue weighted by Gasteiger charge is 2.33. The monoisotopic (exact) mass is 289 g/mol. The zero-order valence-corrected chi connectivity index (χ0v) is 13.8. The van der Waals surface area contributed by atoms with Gasteiger partial charge in [0.15, 0.2) is 0 Å². The summed E-state index contributed by atoms with van der Waals surface area (Å²) >= 11 is 0. The maximum absolute atomic E-state index is 3.51. The van der Waals surface area contributed by atoms with Gasteiger partial charge in [0.05, 0.1) is 0 Å². The van der Waals surface area contributed by atoms with Gasteiger partial charge in [0.2, 0.25) is 0 Å². The van der Waals surface area contributed by atoms with Crippen molar-refractivity contribution in [3.05, 3.63) is 0 Å². The summed E-state index contributed by atoms with van der Waals surface area (Å²) in [7, 11) is 2.27. The number of hydrogen-bond acceptors (Lipinski definition) is 3. The largest absolute Gasteiger partial charge is 0.316 e. The fourth-order valence-electron chi connectivity index (χ4n) is 3.66. The van der Waals surface area contributed by atoms with Gasteiger partial charge in [0.1, 0.15) is 0 Å². The third kappa shape index (κ3) is 5.22. The predicted octanol–water partition coefficient (Wildman–Crippen LogP) is 2.07. The highest BCUT2D eigenvalue weighted by atomic mass is 35.5. The van der Waals surface area contributed by atoms with Crippen LogP contribution in [0.15, 0.2) is 0 Å². The van der Waals surface area contributed by atoms with Crippen LogP contribution in [0, 0.1) is 11.3 Å². The fourth-order valence-corrected chi connectivity index (χ4v) is 3.66. The first-order chi connectivity index (χ1) is 8.61. The summed E-state index contributed by atoms with van der Waals surface area (Å²) in [4.78, 5) is 5.21. The molecule has 2 saturated heterocycles. The average Bonchev–Trinajstić information content (AvgIpc) is 2.89. The Labute approximate surface area is 125 Å². The summed E-state index contributed by atoms with van der Waals surface area (Å²) in [5.41, 5.74) is 0.532. The van der Waals surface area contributed by atoms with E-state index in [9.17, 15) is 0 Å². The molecule has 3 nitrogen and oxygen atoms in total. The Balaban J connectivity index is 0.00000180. The van der Waals surface area contributed by atoms with Crippen molar-refractivity contribution in [2.24, 2.45) is 11.3 Å². The molecule has 114 valence electrons. The standard InChI is InChI=1S/C15H31N3.ClH/c1-4-8-17(3)10-14-5-9-18(11-14)13-15(2)6-7-16-12-15;/h14,16H,4-13H2,1-3H3;1H. The minimum Gasteiger partial charge on any atom is -0.316 e. The summed E-state index contributed by atoms with van der Waals surface area (Å²) in [5.74, 6) is 0.902. The van der Waals surface area contributed by atoms with E-state index in [0.717, 1.165) is 5.92 Å². The van der Waals surface area contributed by atoms with E-state index in [1.165, 1.54) is 65.1 Å². The van der Waals surface area contributed by atoms with Crippen molar-refractivity contribution in [1.82, 2.24) is 15.1 Å². The molecule has 2 rings (SSSR count). The average molecular weight is 290 g/mol. The molecule has 0 radical (unpaired) electrons. The number of nitrogens with zero attached hydrogens (tertiary/aromatic N) is 2. The van der Waals surface area contributed by atoms with Gasteiger partial charge in [-0.15, -0.1) is 12.4 Å². The van der Waals surface area contributed by atoms with Crippen LogP contribution in [0.2, 0.25) is 0 Å². The van der Waals surface area contributed by atoms with Crippen molar-refractivity contribution in [2.45, 2.75) is 33.1 Å². The quantitative estimate of drug-likeness (QED) is 0.808. The van der Waals surface area contributed by atoms with Crippen molar-refractivity contribution in [3.8, 4) is 0 Å². The van der Waals surface area contributed by atoms with Gasteiger partial charge >= 0.3 is 0 Å². The Morgan fingerprint density at radius 1 is 1.42 bits per heavy atom. The van der Waals surface area contributed by atoms with E-state index >= 15 is 0 Å². The van der Waals surface area contributed by atoms with E-state index in [4.69, 9.17) is 0 Å². The Morgan fingerprint density at radius 2 is 2.21 bits per heavy atom. The molecule has 0 aromatic rings. The highest BCUT2D eigenvalue weighted by Crippen LogP contribution is 2.28. The third-order valence-corrected chi connectivity index (χ3v) is 4.61. The first kappa shape index (κ1) is 17.2. The van der Waals surface area contributed by atoms with Gasteiger partial charge in [-0.2, -0.15) is 0 Å². The molecular formula is C15H32ClN3. The first-order valence-corrected chi connectivity index (χ1v) is 7.73. The molecule has 0 saturated carbocycles. The molecule has 19 heavy (non-hydrogen) atoms. The van der Waals surface area contributed by atoms with E-state index in [-0.39, 0.29) is 12.4 Å². The van der Waals surface area contributed by atoms with E-state index in [2.05, 4.69) is 36.0 Å². The van der Waals surface area contributed by atoms with Crippen LogP contribution in [0.1, 0.15) is 33.1 Å². The number of hydrogen-bond donors (Lipinski definition) is 1. The Kier molecular flexibility index (Phi) is 7.09. The van der Waals surface area contributed by atoms with Gasteiger partial charge in [-0.1, -0.05) is 13.8 Å². The summed E-state index contributed by atoms with van der Waals surface area (Å²) < 4.78 is 0. The number of nitrogens with one attached hydrogen (secondary N) is 1. The highest BCUT2D eigenvalue weighted by molar-refractivity contribution is 5.85. The Bertz CT molecular complexity index is 254. The van der Waals surface area contributed by atoms with Crippen molar-refractivity contribution in [1.29, 1.82) is 0 Å². The second kappa shape index (κ2) is 7.82. The maximum Gasteiger partial charge on any atom is 0.00481 e. The molecule has 0 aromatic carbocycles. The lowest BCUT2D eigenvalue weighted by Gasteiger charge is -2.29. The van der Waals surface area contributed by atoms with Crippen LogP contribution in [0.25, 0.3) is 0 Å². The molecule has 2 aliphatic heterocycles. The van der Waals surface area contributed by atoms with Crippen molar-refractivity contribution < 1.29 is 0 Å². The topological polar surface area (TPSA) is 18.5 Å². The maximum atomic E-state index is 3.51. The predicted molar refractivity (Wildman–Crippen MR) is 85.2 cm³/mol. The molecule has 0 aliphatic carbocycles. The lowest BCUT2D eigenvalue weighted by atomic mass is 9.89. The van der Waals surface area contributed by atoms with Gasteiger partial charge < -0.3 is 15.1 Å². The van der Waals surface area contributed by atoms with Gasteiger partial charge in [-0.05, 0) is 57.3 Å². The molecular weight excluding hydrogens is 258 g/mol. The zero-order valence-electron chi connectivity index (χ0n) is 13.0. The smallest absolute Gasteiger partial charge is 0.00481 e. The summed E-state index contributed by atoms with van der Waals surface area (Å²) in [6, 6.07) is 0. The number of likely N-dealkylation sites (tertiary alicyclic amines) is 1. The minimum absolute atomic E-state index is 0. The Morgan fingerprint density at radius 3 is 2.84 bits per heavy atom. The van der Waals surface area contributed by atoms with E-state index in [1.54, 1.807) is 0 Å². The minimum atomic E-state index is 0. The van der Waals surface area contributed by atoms with Crippen molar-refractivity contribution in [2.75, 3.05) is 52.9 Å². The van der Waals surface area contributed by atoms with Crippen LogP contribution in [-0.2, 0) is 0 Å². The number of rotatable bonds is 6. The zero-order chi connectivity index (χ0) is 13.0. The second-order valence-electron chi connectivity index (χ2n) is 6.89. The van der Waals surface area contributed by atoms with E-state index in [0.29, 0.717) is 5.41 Å². The Hall–Kier alpha value is 0.170. The van der Waals surface area contributed by atoms with Crippen LogP contribution in [-0.4, -0.2) is 62.7 Å². The molecule has 2 heterocycles. The van der Waals surface area contributed by atoms with Crippen molar-refractivity contribution in [3.63, 3.8) is 0 Å². The molecule has 2 aliphatic rings. The van der Waals surface area contributed by atoms with Crippen molar-refractivity contribution >= 4 is 12.4 Å². The molecule has 4 heteroatoms. The van der Waals surface area contributed by atoms with Crippen LogP contribution in [0.4, 0.5) is 0 Å². The summed E-state index contributed by atoms with van der Waals surface area (Å²) in [6.07, 6.45) is 4.03. The van der Waals surface area contributed by atoms with Gasteiger partial charge in [-0.25, -0.2) is 0 Å². The van der Waals surface area contributed by atoms with E-state index < -0.39 is 0 Å². The number of halogens is 1. The molecule has 2 fully saturated rings. The second-order valence-corrected chi connectivity index (χ2v) is 6.89. The summed E-state index contributed by atoms with van der Waals surface area (Å²) in [6.45, 7) is 13.6. The van der Waals surface area contributed by atoms with Crippen LogP contribution >= 0.6 is 12.4 Å². The molecule has 1 N–H and O–H groups in total. The molecule has 2 atom stereocenters. The van der Waals surface area contributed by atoms with Gasteiger partial charge in [0.25, 0.3) is 0 Å². The van der Waals surface area contributed by atoms with Crippen LogP contribution in [0.5, 0.6) is 0 Å². The fraction of sp³-hybridized carbons (Fsp3) is 1.00. The molecule has 0 spiro atoms. The lowest BCUT2D eigenvalue weighted by molar-refractivity contribution is 0.196. The third-order valence-electron chi connectivity index (χ3n) is 4.61. The normalized spacial score (nSPS) is 31.9. The lowest BCUT2D eigenvalue weighted by Crippen LogP contribution is -2.37. The van der Waals surface area contributed by atoms with Gasteiger partial charge in [0, 0.05) is 26.2 Å². The first-order valence-electron chi connectivity index (χ1n) is 7.73. The van der Waals surface area contributed by atoms with Crippen LogP contribution < -0.4 is 5.32 Å². The van der Waals surface area contributed by atoms with Gasteiger partial charge in [-0.3, -0.25) is 0 Å². The molecule has 0 bridgehead atoms. The van der Waals surface area contributed by atoms with E-state index in [1.807, 2.05) is 0 Å². The molecule has 0 amide bonds. The molecule has 0 aromatic heterocycles.